The van der Waals surface area contributed by atoms with Crippen molar-refractivity contribution in [2.45, 2.75) is 20.8 Å². The van der Waals surface area contributed by atoms with Gasteiger partial charge in [0.05, 0.1) is 11.3 Å². The van der Waals surface area contributed by atoms with Crippen LogP contribution in [0.4, 0.5) is 0 Å². The maximum atomic E-state index is 11.1. The number of nitrogens with zero attached hydrogens (tertiary/aromatic N) is 3. The Kier molecular flexibility index (Phi) is 2.67. The molecule has 5 nitrogen and oxygen atoms in total. The van der Waals surface area contributed by atoms with Crippen LogP contribution in [0.15, 0.2) is 18.2 Å². The van der Waals surface area contributed by atoms with Crippen molar-refractivity contribution in [1.82, 2.24) is 14.8 Å². The van der Waals surface area contributed by atoms with Gasteiger partial charge >= 0.3 is 5.97 Å². The average Bonchev–Trinajstić information content (AvgIpc) is 2.57. The first-order valence-electron chi connectivity index (χ1n) is 5.24. The SMILES string of the molecule is Cc1nc(C)n(-c2cccc(C(=O)O)c2C)n1. The third kappa shape index (κ3) is 1.91. The predicted molar refractivity (Wildman–Crippen MR) is 62.5 cm³/mol. The van der Waals surface area contributed by atoms with Gasteiger partial charge in [-0.1, -0.05) is 6.07 Å². The number of hydrogen-bond donors (Lipinski definition) is 1. The number of carboxylic acid groups (broad SMARTS) is 1. The molecule has 0 saturated heterocycles. The first-order chi connectivity index (χ1) is 8.00. The fourth-order valence-electron chi connectivity index (χ4n) is 1.83. The number of carbonyl (C=O) groups is 1. The number of aryl methyl sites for hydroxylation is 2. The maximum absolute atomic E-state index is 11.1. The van der Waals surface area contributed by atoms with Crippen LogP contribution in [-0.4, -0.2) is 25.8 Å². The Morgan fingerprint density at radius 3 is 2.53 bits per heavy atom. The van der Waals surface area contributed by atoms with E-state index in [1.54, 1.807) is 30.7 Å². The van der Waals surface area contributed by atoms with Gasteiger partial charge in [0.2, 0.25) is 0 Å². The molecule has 0 amide bonds. The zero-order valence-corrected chi connectivity index (χ0v) is 9.93. The highest BCUT2D eigenvalue weighted by Crippen LogP contribution is 2.18. The lowest BCUT2D eigenvalue weighted by molar-refractivity contribution is 0.0696. The highest BCUT2D eigenvalue weighted by atomic mass is 16.4. The van der Waals surface area contributed by atoms with Crippen molar-refractivity contribution in [1.29, 1.82) is 0 Å². The molecule has 5 heteroatoms. The smallest absolute Gasteiger partial charge is 0.336 e. The summed E-state index contributed by atoms with van der Waals surface area (Å²) in [6, 6.07) is 5.13. The van der Waals surface area contributed by atoms with E-state index in [0.29, 0.717) is 11.4 Å². The van der Waals surface area contributed by atoms with Gasteiger partial charge in [0.15, 0.2) is 0 Å². The Morgan fingerprint density at radius 1 is 1.29 bits per heavy atom. The van der Waals surface area contributed by atoms with E-state index in [1.807, 2.05) is 13.0 Å². The highest BCUT2D eigenvalue weighted by molar-refractivity contribution is 5.90. The minimum atomic E-state index is -0.932. The van der Waals surface area contributed by atoms with Crippen LogP contribution in [0.25, 0.3) is 5.69 Å². The van der Waals surface area contributed by atoms with Crippen LogP contribution in [0, 0.1) is 20.8 Å². The predicted octanol–water partition coefficient (Wildman–Crippen LogP) is 1.89. The van der Waals surface area contributed by atoms with Gasteiger partial charge in [-0.3, -0.25) is 0 Å². The van der Waals surface area contributed by atoms with Gasteiger partial charge in [0.1, 0.15) is 11.6 Å². The Labute approximate surface area is 98.7 Å². The molecule has 0 fully saturated rings. The normalized spacial score (nSPS) is 10.5. The molecule has 0 radical (unpaired) electrons. The van der Waals surface area contributed by atoms with E-state index in [1.165, 1.54) is 0 Å². The van der Waals surface area contributed by atoms with Crippen molar-refractivity contribution in [3.05, 3.63) is 41.0 Å². The summed E-state index contributed by atoms with van der Waals surface area (Å²) in [5, 5.41) is 13.3. The number of aromatic carboxylic acids is 1. The number of rotatable bonds is 2. The molecule has 0 atom stereocenters. The Morgan fingerprint density at radius 2 is 2.00 bits per heavy atom. The molecule has 1 heterocycles. The topological polar surface area (TPSA) is 68.0 Å². The van der Waals surface area contributed by atoms with E-state index < -0.39 is 5.97 Å². The first kappa shape index (κ1) is 11.3. The van der Waals surface area contributed by atoms with E-state index >= 15 is 0 Å². The lowest BCUT2D eigenvalue weighted by Gasteiger charge is -2.09. The zero-order valence-electron chi connectivity index (χ0n) is 9.93. The van der Waals surface area contributed by atoms with Gasteiger partial charge in [-0.25, -0.2) is 14.5 Å². The third-order valence-electron chi connectivity index (χ3n) is 2.64. The summed E-state index contributed by atoms with van der Waals surface area (Å²) in [6.07, 6.45) is 0. The van der Waals surface area contributed by atoms with Crippen molar-refractivity contribution in [2.75, 3.05) is 0 Å². The second kappa shape index (κ2) is 4.01. The molecular weight excluding hydrogens is 218 g/mol. The first-order valence-corrected chi connectivity index (χ1v) is 5.24. The molecule has 2 aromatic rings. The number of carboxylic acids is 1. The summed E-state index contributed by atoms with van der Waals surface area (Å²) in [4.78, 5) is 15.3. The van der Waals surface area contributed by atoms with E-state index in [0.717, 1.165) is 11.5 Å². The van der Waals surface area contributed by atoms with Crippen LogP contribution in [0.1, 0.15) is 27.6 Å². The van der Waals surface area contributed by atoms with Gasteiger partial charge in [-0.05, 0) is 38.5 Å². The fraction of sp³-hybridized carbons (Fsp3) is 0.250. The fourth-order valence-corrected chi connectivity index (χ4v) is 1.83. The molecule has 0 bridgehead atoms. The quantitative estimate of drug-likeness (QED) is 0.857. The Balaban J connectivity index is 2.64. The monoisotopic (exact) mass is 231 g/mol. The summed E-state index contributed by atoms with van der Waals surface area (Å²) in [7, 11) is 0. The molecule has 2 rings (SSSR count). The summed E-state index contributed by atoms with van der Waals surface area (Å²) >= 11 is 0. The number of hydrogen-bond acceptors (Lipinski definition) is 3. The van der Waals surface area contributed by atoms with Crippen LogP contribution in [0.2, 0.25) is 0 Å². The maximum Gasteiger partial charge on any atom is 0.336 e. The molecule has 1 aromatic heterocycles. The lowest BCUT2D eigenvalue weighted by Crippen LogP contribution is -2.07. The third-order valence-corrected chi connectivity index (χ3v) is 2.64. The molecule has 0 aliphatic heterocycles. The average molecular weight is 231 g/mol. The summed E-state index contributed by atoms with van der Waals surface area (Å²) in [5.74, 6) is 0.481. The highest BCUT2D eigenvalue weighted by Gasteiger charge is 2.13. The largest absolute Gasteiger partial charge is 0.478 e. The summed E-state index contributed by atoms with van der Waals surface area (Å²) in [6.45, 7) is 5.42. The molecule has 0 spiro atoms. The van der Waals surface area contributed by atoms with Gasteiger partial charge in [-0.15, -0.1) is 0 Å². The molecule has 88 valence electrons. The van der Waals surface area contributed by atoms with Crippen LogP contribution < -0.4 is 0 Å². The van der Waals surface area contributed by atoms with Gasteiger partial charge in [-0.2, -0.15) is 5.10 Å². The van der Waals surface area contributed by atoms with Crippen molar-refractivity contribution in [2.24, 2.45) is 0 Å². The van der Waals surface area contributed by atoms with Crippen LogP contribution in [-0.2, 0) is 0 Å². The number of aromatic nitrogens is 3. The number of benzene rings is 1. The van der Waals surface area contributed by atoms with Crippen molar-refractivity contribution in [3.63, 3.8) is 0 Å². The van der Waals surface area contributed by atoms with Crippen LogP contribution >= 0.6 is 0 Å². The van der Waals surface area contributed by atoms with Gasteiger partial charge in [0.25, 0.3) is 0 Å². The summed E-state index contributed by atoms with van der Waals surface area (Å²) in [5.41, 5.74) is 1.73. The van der Waals surface area contributed by atoms with Crippen molar-refractivity contribution < 1.29 is 9.90 Å². The standard InChI is InChI=1S/C12H13N3O2/c1-7-10(12(16)17)5-4-6-11(7)15-9(3)13-8(2)14-15/h4-6H,1-3H3,(H,16,17). The second-order valence-corrected chi connectivity index (χ2v) is 3.87. The molecule has 1 aromatic carbocycles. The Bertz CT molecular complexity index is 587. The molecule has 17 heavy (non-hydrogen) atoms. The summed E-state index contributed by atoms with van der Waals surface area (Å²) < 4.78 is 1.66. The van der Waals surface area contributed by atoms with E-state index in [4.69, 9.17) is 5.11 Å². The molecule has 1 N–H and O–H groups in total. The van der Waals surface area contributed by atoms with Crippen LogP contribution in [0.5, 0.6) is 0 Å². The molecule has 0 aliphatic rings. The molecule has 0 aliphatic carbocycles. The minimum Gasteiger partial charge on any atom is -0.478 e. The zero-order chi connectivity index (χ0) is 12.6. The lowest BCUT2D eigenvalue weighted by atomic mass is 10.1. The van der Waals surface area contributed by atoms with Gasteiger partial charge in [0, 0.05) is 0 Å². The van der Waals surface area contributed by atoms with Crippen molar-refractivity contribution >= 4 is 5.97 Å². The van der Waals surface area contributed by atoms with Crippen LogP contribution in [0.3, 0.4) is 0 Å². The molecule has 0 unspecified atom stereocenters. The second-order valence-electron chi connectivity index (χ2n) is 3.87. The molecular formula is C12H13N3O2. The van der Waals surface area contributed by atoms with Crippen molar-refractivity contribution in [3.8, 4) is 5.69 Å². The van der Waals surface area contributed by atoms with E-state index in [2.05, 4.69) is 10.1 Å². The van der Waals surface area contributed by atoms with Gasteiger partial charge < -0.3 is 5.11 Å². The van der Waals surface area contributed by atoms with E-state index in [9.17, 15) is 4.79 Å². The molecule has 0 saturated carbocycles. The van der Waals surface area contributed by atoms with E-state index in [-0.39, 0.29) is 5.56 Å². The Hall–Kier alpha value is -2.17. The minimum absolute atomic E-state index is 0.287.